The summed E-state index contributed by atoms with van der Waals surface area (Å²) in [7, 11) is 0. The third-order valence-electron chi connectivity index (χ3n) is 3.94. The van der Waals surface area contributed by atoms with Crippen LogP contribution in [-0.4, -0.2) is 28.8 Å². The van der Waals surface area contributed by atoms with Crippen molar-refractivity contribution >= 4 is 11.6 Å². The zero-order chi connectivity index (χ0) is 16.4. The molecule has 0 spiro atoms. The highest BCUT2D eigenvalue weighted by atomic mass is 19.1. The number of anilines is 1. The lowest BCUT2D eigenvalue weighted by Gasteiger charge is -2.35. The van der Waals surface area contributed by atoms with E-state index < -0.39 is 0 Å². The number of carbonyl (C=O) groups is 1. The molecule has 0 radical (unpaired) electrons. The number of nitrogens with zero attached hydrogens (tertiary/aromatic N) is 3. The van der Waals surface area contributed by atoms with E-state index in [9.17, 15) is 9.18 Å². The fourth-order valence-corrected chi connectivity index (χ4v) is 2.81. The lowest BCUT2D eigenvalue weighted by molar-refractivity contribution is 0.0969. The molecule has 3 rings (SSSR count). The molecule has 23 heavy (non-hydrogen) atoms. The van der Waals surface area contributed by atoms with Crippen LogP contribution in [0.3, 0.4) is 0 Å². The second kappa shape index (κ2) is 6.32. The van der Waals surface area contributed by atoms with Crippen LogP contribution < -0.4 is 9.64 Å². The normalized spacial score (nSPS) is 16.8. The first-order valence-corrected chi connectivity index (χ1v) is 7.68. The molecule has 120 valence electrons. The molecule has 0 bridgehead atoms. The van der Waals surface area contributed by atoms with Crippen molar-refractivity contribution in [3.05, 3.63) is 47.4 Å². The molecule has 0 fully saturated rings. The van der Waals surface area contributed by atoms with Crippen LogP contribution in [0.25, 0.3) is 0 Å². The number of aromatic nitrogens is 2. The Morgan fingerprint density at radius 3 is 2.87 bits per heavy atom. The number of halogens is 1. The van der Waals surface area contributed by atoms with Crippen LogP contribution in [0.1, 0.15) is 36.3 Å². The molecule has 0 saturated carbocycles. The van der Waals surface area contributed by atoms with Gasteiger partial charge in [0.1, 0.15) is 5.82 Å². The van der Waals surface area contributed by atoms with Gasteiger partial charge in [-0.2, -0.15) is 0 Å². The van der Waals surface area contributed by atoms with Gasteiger partial charge in [-0.3, -0.25) is 4.79 Å². The summed E-state index contributed by atoms with van der Waals surface area (Å²) in [6.45, 7) is 4.32. The molecular weight excluding hydrogens is 297 g/mol. The summed E-state index contributed by atoms with van der Waals surface area (Å²) in [5.74, 6) is -0.134. The summed E-state index contributed by atoms with van der Waals surface area (Å²) in [5.41, 5.74) is 1.83. The van der Waals surface area contributed by atoms with Crippen LogP contribution in [0.4, 0.5) is 10.1 Å². The highest BCUT2D eigenvalue weighted by Crippen LogP contribution is 2.32. The average molecular weight is 315 g/mol. The second-order valence-corrected chi connectivity index (χ2v) is 5.53. The summed E-state index contributed by atoms with van der Waals surface area (Å²) in [6, 6.07) is 7.77. The quantitative estimate of drug-likeness (QED) is 0.874. The topological polar surface area (TPSA) is 55.3 Å². The number of fused-ring (bicyclic) bond motifs is 1. The molecule has 5 nitrogen and oxygen atoms in total. The van der Waals surface area contributed by atoms with Gasteiger partial charge in [0.2, 0.25) is 5.88 Å². The summed E-state index contributed by atoms with van der Waals surface area (Å²) < 4.78 is 18.7. The number of hydrogen-bond acceptors (Lipinski definition) is 4. The number of amides is 1. The maximum Gasteiger partial charge on any atom is 0.279 e. The Morgan fingerprint density at radius 1 is 1.35 bits per heavy atom. The number of benzene rings is 1. The van der Waals surface area contributed by atoms with Crippen molar-refractivity contribution in [1.29, 1.82) is 0 Å². The predicted octanol–water partition coefficient (Wildman–Crippen LogP) is 3.00. The zero-order valence-corrected chi connectivity index (χ0v) is 13.1. The molecule has 1 aliphatic rings. The Kier molecular flexibility index (Phi) is 4.23. The standard InChI is InChI=1S/C17H18FN3O2/c1-3-23-16-9-7-14(19-20-16)17(22)21-11(2)4-5-12-10-13(18)6-8-15(12)21/h6-11H,3-5H2,1-2H3. The zero-order valence-electron chi connectivity index (χ0n) is 13.1. The number of hydrogen-bond donors (Lipinski definition) is 0. The van der Waals surface area contributed by atoms with Crippen LogP contribution in [0, 0.1) is 5.82 Å². The fourth-order valence-electron chi connectivity index (χ4n) is 2.81. The lowest BCUT2D eigenvalue weighted by Crippen LogP contribution is -2.42. The highest BCUT2D eigenvalue weighted by Gasteiger charge is 2.30. The maximum atomic E-state index is 13.4. The first kappa shape index (κ1) is 15.4. The number of rotatable bonds is 3. The van der Waals surface area contributed by atoms with Gasteiger partial charge in [-0.15, -0.1) is 10.2 Å². The van der Waals surface area contributed by atoms with E-state index in [-0.39, 0.29) is 23.5 Å². The summed E-state index contributed by atoms with van der Waals surface area (Å²) in [6.07, 6.45) is 1.54. The van der Waals surface area contributed by atoms with E-state index in [1.54, 1.807) is 23.1 Å². The van der Waals surface area contributed by atoms with Gasteiger partial charge in [0, 0.05) is 17.8 Å². The van der Waals surface area contributed by atoms with Crippen molar-refractivity contribution in [1.82, 2.24) is 10.2 Å². The van der Waals surface area contributed by atoms with Gasteiger partial charge in [0.05, 0.1) is 6.61 Å². The average Bonchev–Trinajstić information content (AvgIpc) is 2.55. The van der Waals surface area contributed by atoms with Crippen LogP contribution in [0.15, 0.2) is 30.3 Å². The van der Waals surface area contributed by atoms with Crippen molar-refractivity contribution in [2.75, 3.05) is 11.5 Å². The molecule has 0 N–H and O–H groups in total. The van der Waals surface area contributed by atoms with Gasteiger partial charge in [-0.05, 0) is 56.5 Å². The number of carbonyl (C=O) groups excluding carboxylic acids is 1. The molecule has 2 heterocycles. The first-order chi connectivity index (χ1) is 11.1. The van der Waals surface area contributed by atoms with Gasteiger partial charge in [-0.1, -0.05) is 0 Å². The van der Waals surface area contributed by atoms with Crippen molar-refractivity contribution in [3.8, 4) is 5.88 Å². The smallest absolute Gasteiger partial charge is 0.279 e. The predicted molar refractivity (Wildman–Crippen MR) is 84.2 cm³/mol. The number of aryl methyl sites for hydroxylation is 1. The molecule has 1 amide bonds. The van der Waals surface area contributed by atoms with E-state index in [4.69, 9.17) is 4.74 Å². The van der Waals surface area contributed by atoms with Crippen LogP contribution >= 0.6 is 0 Å². The van der Waals surface area contributed by atoms with E-state index in [1.807, 2.05) is 13.8 Å². The monoisotopic (exact) mass is 315 g/mol. The minimum atomic E-state index is -0.286. The Balaban J connectivity index is 1.92. The van der Waals surface area contributed by atoms with E-state index >= 15 is 0 Å². The fraction of sp³-hybridized carbons (Fsp3) is 0.353. The molecule has 2 aromatic rings. The molecule has 1 aromatic heterocycles. The molecule has 0 saturated heterocycles. The van der Waals surface area contributed by atoms with Gasteiger partial charge in [0.15, 0.2) is 5.69 Å². The van der Waals surface area contributed by atoms with Crippen LogP contribution in [0.5, 0.6) is 5.88 Å². The van der Waals surface area contributed by atoms with Crippen molar-refractivity contribution in [3.63, 3.8) is 0 Å². The van der Waals surface area contributed by atoms with E-state index in [0.717, 1.165) is 24.1 Å². The Labute approximate surface area is 134 Å². The van der Waals surface area contributed by atoms with Crippen LogP contribution in [0.2, 0.25) is 0 Å². The molecule has 6 heteroatoms. The third-order valence-corrected chi connectivity index (χ3v) is 3.94. The van der Waals surface area contributed by atoms with Crippen molar-refractivity contribution in [2.24, 2.45) is 0 Å². The Hall–Kier alpha value is -2.50. The summed E-state index contributed by atoms with van der Waals surface area (Å²) in [4.78, 5) is 14.5. The maximum absolute atomic E-state index is 13.4. The van der Waals surface area contributed by atoms with E-state index in [2.05, 4.69) is 10.2 Å². The second-order valence-electron chi connectivity index (χ2n) is 5.53. The van der Waals surface area contributed by atoms with Gasteiger partial charge < -0.3 is 9.64 Å². The van der Waals surface area contributed by atoms with Crippen LogP contribution in [-0.2, 0) is 6.42 Å². The van der Waals surface area contributed by atoms with Gasteiger partial charge in [0.25, 0.3) is 5.91 Å². The molecule has 1 atom stereocenters. The van der Waals surface area contributed by atoms with Crippen molar-refractivity contribution < 1.29 is 13.9 Å². The molecule has 1 unspecified atom stereocenters. The third kappa shape index (κ3) is 3.02. The summed E-state index contributed by atoms with van der Waals surface area (Å²) >= 11 is 0. The minimum absolute atomic E-state index is 0.0221. The molecular formula is C17H18FN3O2. The minimum Gasteiger partial charge on any atom is -0.477 e. The summed E-state index contributed by atoms with van der Waals surface area (Å²) in [5, 5.41) is 7.86. The highest BCUT2D eigenvalue weighted by molar-refractivity contribution is 6.05. The largest absolute Gasteiger partial charge is 0.477 e. The SMILES string of the molecule is CCOc1ccc(C(=O)N2c3ccc(F)cc3CCC2C)nn1. The van der Waals surface area contributed by atoms with E-state index in [1.165, 1.54) is 12.1 Å². The Bertz CT molecular complexity index is 718. The van der Waals surface area contributed by atoms with Gasteiger partial charge in [-0.25, -0.2) is 4.39 Å². The first-order valence-electron chi connectivity index (χ1n) is 7.68. The Morgan fingerprint density at radius 2 is 2.17 bits per heavy atom. The van der Waals surface area contributed by atoms with E-state index in [0.29, 0.717) is 12.5 Å². The number of ether oxygens (including phenoxy) is 1. The van der Waals surface area contributed by atoms with Gasteiger partial charge >= 0.3 is 0 Å². The van der Waals surface area contributed by atoms with Crippen molar-refractivity contribution in [2.45, 2.75) is 32.7 Å². The molecule has 1 aromatic carbocycles. The lowest BCUT2D eigenvalue weighted by atomic mass is 9.96. The molecule has 0 aliphatic carbocycles. The molecule has 1 aliphatic heterocycles.